The Labute approximate surface area is 125 Å². The number of halogens is 2. The van der Waals surface area contributed by atoms with Gasteiger partial charge in [0.05, 0.1) is 10.6 Å². The summed E-state index contributed by atoms with van der Waals surface area (Å²) in [6.07, 6.45) is 0. The minimum absolute atomic E-state index is 0.0677. The highest BCUT2D eigenvalue weighted by Gasteiger charge is 2.17. The molecule has 0 unspecified atom stereocenters. The first-order valence-electron chi connectivity index (χ1n) is 5.38. The number of rotatable bonds is 4. The number of carbonyl (C=O) groups excluding carboxylic acids is 2. The zero-order valence-electron chi connectivity index (χ0n) is 10.4. The fourth-order valence-corrected chi connectivity index (χ4v) is 1.79. The predicted octanol–water partition coefficient (Wildman–Crippen LogP) is 2.48. The third kappa shape index (κ3) is 3.98. The fraction of sp³-hybridized carbons (Fsp3) is 0.154. The van der Waals surface area contributed by atoms with E-state index < -0.39 is 18.4 Å². The number of carbonyl (C=O) groups is 2. The van der Waals surface area contributed by atoms with Crippen LogP contribution in [0.2, 0.25) is 10.0 Å². The number of hydrogen-bond donors (Lipinski definition) is 1. The third-order valence-electron chi connectivity index (χ3n) is 2.27. The number of esters is 1. The summed E-state index contributed by atoms with van der Waals surface area (Å²) >= 11 is 11.5. The van der Waals surface area contributed by atoms with E-state index in [9.17, 15) is 9.59 Å². The number of nitriles is 1. The number of nitrogens with zero attached hydrogens (tertiary/aromatic N) is 1. The highest BCUT2D eigenvalue weighted by molar-refractivity contribution is 6.36. The van der Waals surface area contributed by atoms with Crippen LogP contribution in [0, 0.1) is 11.3 Å². The van der Waals surface area contributed by atoms with Gasteiger partial charge in [-0.25, -0.2) is 4.79 Å². The molecular weight excluding hydrogens is 303 g/mol. The van der Waals surface area contributed by atoms with Crippen molar-refractivity contribution in [3.8, 4) is 6.07 Å². The predicted molar refractivity (Wildman–Crippen MR) is 74.3 cm³/mol. The first kappa shape index (κ1) is 16.0. The number of benzene rings is 1. The molecule has 1 rings (SSSR count). The molecule has 7 heteroatoms. The average molecular weight is 313 g/mol. The van der Waals surface area contributed by atoms with Gasteiger partial charge >= 0.3 is 5.97 Å². The highest BCUT2D eigenvalue weighted by atomic mass is 35.5. The second kappa shape index (κ2) is 6.94. The Kier molecular flexibility index (Phi) is 5.56. The zero-order chi connectivity index (χ0) is 15.3. The van der Waals surface area contributed by atoms with Gasteiger partial charge in [0.15, 0.2) is 6.61 Å². The SMILES string of the molecule is C/C(N)=C(/C#N)C(=O)COC(=O)c1ccc(Cl)cc1Cl. The summed E-state index contributed by atoms with van der Waals surface area (Å²) in [4.78, 5) is 23.3. The maximum absolute atomic E-state index is 11.7. The van der Waals surface area contributed by atoms with Gasteiger partial charge in [-0.1, -0.05) is 23.2 Å². The number of ether oxygens (including phenoxy) is 1. The van der Waals surface area contributed by atoms with E-state index in [2.05, 4.69) is 0 Å². The van der Waals surface area contributed by atoms with Gasteiger partial charge in [-0.05, 0) is 25.1 Å². The van der Waals surface area contributed by atoms with Crippen LogP contribution >= 0.6 is 23.2 Å². The van der Waals surface area contributed by atoms with E-state index >= 15 is 0 Å². The molecule has 0 radical (unpaired) electrons. The summed E-state index contributed by atoms with van der Waals surface area (Å²) in [6.45, 7) is 0.823. The normalized spacial score (nSPS) is 11.3. The van der Waals surface area contributed by atoms with E-state index in [1.165, 1.54) is 25.1 Å². The summed E-state index contributed by atoms with van der Waals surface area (Å²) in [5, 5.41) is 9.22. The Hall–Kier alpha value is -2.03. The molecule has 0 amide bonds. The van der Waals surface area contributed by atoms with E-state index in [1.54, 1.807) is 6.07 Å². The number of nitrogens with two attached hydrogens (primary N) is 1. The lowest BCUT2D eigenvalue weighted by Gasteiger charge is -2.06. The van der Waals surface area contributed by atoms with Crippen LogP contribution in [0.5, 0.6) is 0 Å². The Bertz CT molecular complexity index is 629. The molecule has 2 N–H and O–H groups in total. The van der Waals surface area contributed by atoms with Crippen LogP contribution in [0.1, 0.15) is 17.3 Å². The van der Waals surface area contributed by atoms with Gasteiger partial charge in [0, 0.05) is 10.7 Å². The molecule has 0 spiro atoms. The first-order chi connectivity index (χ1) is 9.36. The molecule has 0 aromatic heterocycles. The molecule has 0 atom stereocenters. The standard InChI is InChI=1S/C13H10Cl2N2O3/c1-7(17)10(5-16)12(18)6-20-13(19)9-3-2-8(14)4-11(9)15/h2-4H,6,17H2,1H3/b10-7+. The summed E-state index contributed by atoms with van der Waals surface area (Å²) in [5.41, 5.74) is 5.28. The van der Waals surface area contributed by atoms with Crippen molar-refractivity contribution in [2.75, 3.05) is 6.61 Å². The summed E-state index contributed by atoms with van der Waals surface area (Å²) in [5.74, 6) is -1.46. The largest absolute Gasteiger partial charge is 0.454 e. The molecule has 1 aromatic rings. The topological polar surface area (TPSA) is 93.2 Å². The Morgan fingerprint density at radius 1 is 1.40 bits per heavy atom. The molecule has 1 aromatic carbocycles. The van der Waals surface area contributed by atoms with E-state index in [0.29, 0.717) is 5.02 Å². The van der Waals surface area contributed by atoms with Crippen molar-refractivity contribution in [2.45, 2.75) is 6.92 Å². The van der Waals surface area contributed by atoms with Crippen molar-refractivity contribution >= 4 is 35.0 Å². The number of Topliss-reactive ketones (excluding diaryl/α,β-unsaturated/α-hetero) is 1. The minimum atomic E-state index is -0.785. The molecule has 0 aliphatic carbocycles. The van der Waals surface area contributed by atoms with Gasteiger partial charge in [-0.2, -0.15) is 5.26 Å². The third-order valence-corrected chi connectivity index (χ3v) is 2.82. The van der Waals surface area contributed by atoms with Gasteiger partial charge in [0.25, 0.3) is 0 Å². The van der Waals surface area contributed by atoms with Crippen molar-refractivity contribution in [1.82, 2.24) is 0 Å². The maximum Gasteiger partial charge on any atom is 0.340 e. The summed E-state index contributed by atoms with van der Waals surface area (Å²) in [7, 11) is 0. The zero-order valence-corrected chi connectivity index (χ0v) is 12.0. The smallest absolute Gasteiger partial charge is 0.340 e. The van der Waals surface area contributed by atoms with E-state index in [-0.39, 0.29) is 21.9 Å². The maximum atomic E-state index is 11.7. The van der Waals surface area contributed by atoms with Crippen molar-refractivity contribution < 1.29 is 14.3 Å². The van der Waals surface area contributed by atoms with Crippen LogP contribution in [0.25, 0.3) is 0 Å². The monoisotopic (exact) mass is 312 g/mol. The Morgan fingerprint density at radius 3 is 2.55 bits per heavy atom. The summed E-state index contributed by atoms with van der Waals surface area (Å²) in [6, 6.07) is 5.89. The van der Waals surface area contributed by atoms with E-state index in [0.717, 1.165) is 0 Å². The number of ketones is 1. The Morgan fingerprint density at radius 2 is 2.05 bits per heavy atom. The van der Waals surface area contributed by atoms with Crippen molar-refractivity contribution in [3.05, 3.63) is 45.1 Å². The van der Waals surface area contributed by atoms with E-state index in [1.807, 2.05) is 0 Å². The lowest BCUT2D eigenvalue weighted by atomic mass is 10.1. The molecule has 0 heterocycles. The Balaban J connectivity index is 2.76. The average Bonchev–Trinajstić information content (AvgIpc) is 2.36. The molecule has 0 fully saturated rings. The second-order valence-electron chi connectivity index (χ2n) is 3.79. The van der Waals surface area contributed by atoms with Gasteiger partial charge < -0.3 is 10.5 Å². The first-order valence-corrected chi connectivity index (χ1v) is 6.14. The van der Waals surface area contributed by atoms with Gasteiger partial charge in [0.2, 0.25) is 5.78 Å². The molecule has 0 aliphatic heterocycles. The lowest BCUT2D eigenvalue weighted by molar-refractivity contribution is -0.118. The van der Waals surface area contributed by atoms with Crippen LogP contribution in [0.4, 0.5) is 0 Å². The minimum Gasteiger partial charge on any atom is -0.454 e. The van der Waals surface area contributed by atoms with Gasteiger partial charge in [-0.3, -0.25) is 4.79 Å². The second-order valence-corrected chi connectivity index (χ2v) is 4.64. The summed E-state index contributed by atoms with van der Waals surface area (Å²) < 4.78 is 4.79. The highest BCUT2D eigenvalue weighted by Crippen LogP contribution is 2.21. The van der Waals surface area contributed by atoms with Crippen LogP contribution in [0.15, 0.2) is 29.5 Å². The lowest BCUT2D eigenvalue weighted by Crippen LogP contribution is -2.17. The number of hydrogen-bond acceptors (Lipinski definition) is 5. The van der Waals surface area contributed by atoms with Gasteiger partial charge in [0.1, 0.15) is 11.6 Å². The van der Waals surface area contributed by atoms with Crippen LogP contribution in [-0.4, -0.2) is 18.4 Å². The van der Waals surface area contributed by atoms with Crippen molar-refractivity contribution in [2.24, 2.45) is 5.73 Å². The van der Waals surface area contributed by atoms with Crippen molar-refractivity contribution in [3.63, 3.8) is 0 Å². The number of allylic oxidation sites excluding steroid dienone is 1. The molecule has 0 bridgehead atoms. The van der Waals surface area contributed by atoms with Crippen LogP contribution in [0.3, 0.4) is 0 Å². The molecule has 104 valence electrons. The molecule has 0 saturated carbocycles. The molecule has 0 saturated heterocycles. The van der Waals surface area contributed by atoms with Gasteiger partial charge in [-0.15, -0.1) is 0 Å². The molecule has 0 aliphatic rings. The molecule has 5 nitrogen and oxygen atoms in total. The van der Waals surface area contributed by atoms with E-state index in [4.69, 9.17) is 38.9 Å². The molecule has 20 heavy (non-hydrogen) atoms. The molecular formula is C13H10Cl2N2O3. The quantitative estimate of drug-likeness (QED) is 0.523. The van der Waals surface area contributed by atoms with Crippen molar-refractivity contribution in [1.29, 1.82) is 5.26 Å². The fourth-order valence-electron chi connectivity index (χ4n) is 1.31. The van der Waals surface area contributed by atoms with Crippen LogP contribution in [-0.2, 0) is 9.53 Å². The van der Waals surface area contributed by atoms with Crippen LogP contribution < -0.4 is 5.73 Å².